The minimum Gasteiger partial charge on any atom is -0.378 e. The van der Waals surface area contributed by atoms with Gasteiger partial charge in [-0.25, -0.2) is 0 Å². The first kappa shape index (κ1) is 18.9. The first-order valence-electron chi connectivity index (χ1n) is 10.8. The third-order valence-corrected chi connectivity index (χ3v) is 8.45. The van der Waals surface area contributed by atoms with Crippen molar-refractivity contribution in [3.8, 4) is 0 Å². The maximum atomic E-state index is 13.5. The van der Waals surface area contributed by atoms with Crippen LogP contribution in [-0.4, -0.2) is 48.5 Å². The van der Waals surface area contributed by atoms with Crippen molar-refractivity contribution in [2.75, 3.05) is 38.3 Å². The Hall–Kier alpha value is -1.07. The molecule has 6 rings (SSSR count). The van der Waals surface area contributed by atoms with Gasteiger partial charge in [-0.1, -0.05) is 28.1 Å². The summed E-state index contributed by atoms with van der Waals surface area (Å²) in [6.45, 7) is 4.22. The van der Waals surface area contributed by atoms with Crippen LogP contribution in [0.25, 0.3) is 0 Å². The fourth-order valence-corrected chi connectivity index (χ4v) is 8.24. The second-order valence-corrected chi connectivity index (χ2v) is 11.5. The number of hydrogen-bond acceptors (Lipinski definition) is 3. The Morgan fingerprint density at radius 2 is 1.79 bits per heavy atom. The molecule has 4 saturated carbocycles. The Morgan fingerprint density at radius 1 is 1.14 bits per heavy atom. The molecule has 0 N–H and O–H groups in total. The van der Waals surface area contributed by atoms with E-state index in [0.29, 0.717) is 12.5 Å². The number of alkyl halides is 1. The van der Waals surface area contributed by atoms with Crippen LogP contribution in [0.2, 0.25) is 0 Å². The molecule has 1 aromatic rings. The number of ether oxygens (including phenoxy) is 1. The third-order valence-electron chi connectivity index (χ3n) is 7.52. The molecule has 5 heteroatoms. The molecule has 152 valence electrons. The summed E-state index contributed by atoms with van der Waals surface area (Å²) in [7, 11) is 2.00. The van der Waals surface area contributed by atoms with Crippen LogP contribution in [0.5, 0.6) is 0 Å². The number of morpholine rings is 1. The van der Waals surface area contributed by atoms with Gasteiger partial charge < -0.3 is 14.5 Å². The molecule has 4 bridgehead atoms. The summed E-state index contributed by atoms with van der Waals surface area (Å²) in [4.78, 5) is 17.9. The van der Waals surface area contributed by atoms with E-state index in [2.05, 4.69) is 45.1 Å². The van der Waals surface area contributed by atoms with E-state index >= 15 is 0 Å². The minimum absolute atomic E-state index is 0.115. The van der Waals surface area contributed by atoms with Crippen molar-refractivity contribution in [2.24, 2.45) is 17.3 Å². The molecule has 1 aliphatic heterocycles. The number of nitrogens with zero attached hydrogens (tertiary/aromatic N) is 2. The molecule has 0 radical (unpaired) electrons. The van der Waals surface area contributed by atoms with Gasteiger partial charge in [-0.2, -0.15) is 0 Å². The Balaban J connectivity index is 1.26. The minimum atomic E-state index is -0.115. The summed E-state index contributed by atoms with van der Waals surface area (Å²) in [5, 5.41) is 0. The lowest BCUT2D eigenvalue weighted by atomic mass is 9.49. The molecule has 1 saturated heterocycles. The van der Waals surface area contributed by atoms with Gasteiger partial charge in [0.1, 0.15) is 0 Å². The fraction of sp³-hybridized carbons (Fsp3) is 0.696. The molecule has 1 amide bonds. The van der Waals surface area contributed by atoms with Crippen LogP contribution in [0.3, 0.4) is 0 Å². The topological polar surface area (TPSA) is 32.8 Å². The van der Waals surface area contributed by atoms with Gasteiger partial charge in [0.15, 0.2) is 0 Å². The monoisotopic (exact) mass is 446 g/mol. The summed E-state index contributed by atoms with van der Waals surface area (Å²) in [6, 6.07) is 8.74. The van der Waals surface area contributed by atoms with Gasteiger partial charge in [0.2, 0.25) is 5.91 Å². The molecule has 1 heterocycles. The van der Waals surface area contributed by atoms with Crippen LogP contribution >= 0.6 is 15.9 Å². The third kappa shape index (κ3) is 3.39. The van der Waals surface area contributed by atoms with Gasteiger partial charge in [-0.05, 0) is 68.1 Å². The van der Waals surface area contributed by atoms with Gasteiger partial charge in [0, 0.05) is 36.7 Å². The van der Waals surface area contributed by atoms with Crippen LogP contribution in [0.4, 0.5) is 5.69 Å². The second kappa shape index (κ2) is 7.02. The highest BCUT2D eigenvalue weighted by Gasteiger charge is 2.60. The highest BCUT2D eigenvalue weighted by Crippen LogP contribution is 2.64. The van der Waals surface area contributed by atoms with Gasteiger partial charge in [-0.15, -0.1) is 0 Å². The quantitative estimate of drug-likeness (QED) is 0.649. The number of benzene rings is 1. The molecule has 2 atom stereocenters. The second-order valence-electron chi connectivity index (χ2n) is 9.82. The zero-order valence-electron chi connectivity index (χ0n) is 16.8. The van der Waals surface area contributed by atoms with E-state index in [1.807, 2.05) is 11.9 Å². The molecule has 28 heavy (non-hydrogen) atoms. The van der Waals surface area contributed by atoms with E-state index < -0.39 is 0 Å². The first-order chi connectivity index (χ1) is 13.4. The number of halogens is 1. The van der Waals surface area contributed by atoms with Gasteiger partial charge in [0.05, 0.1) is 18.6 Å². The van der Waals surface area contributed by atoms with Crippen molar-refractivity contribution in [1.29, 1.82) is 0 Å². The summed E-state index contributed by atoms with van der Waals surface area (Å²) < 4.78 is 5.67. The Morgan fingerprint density at radius 3 is 2.39 bits per heavy atom. The smallest absolute Gasteiger partial charge is 0.228 e. The van der Waals surface area contributed by atoms with Crippen molar-refractivity contribution in [1.82, 2.24) is 4.90 Å². The number of carbonyl (C=O) groups is 1. The lowest BCUT2D eigenvalue weighted by molar-refractivity contribution is -0.154. The fourth-order valence-electron chi connectivity index (χ4n) is 6.79. The maximum Gasteiger partial charge on any atom is 0.228 e. The largest absolute Gasteiger partial charge is 0.378 e. The summed E-state index contributed by atoms with van der Waals surface area (Å²) >= 11 is 4.04. The van der Waals surface area contributed by atoms with E-state index in [-0.39, 0.29) is 9.74 Å². The molecule has 0 spiro atoms. The molecule has 4 aliphatic carbocycles. The normalized spacial score (nSPS) is 36.6. The Bertz CT molecular complexity index is 729. The number of anilines is 1. The van der Waals surface area contributed by atoms with E-state index in [0.717, 1.165) is 57.4 Å². The average molecular weight is 447 g/mol. The van der Waals surface area contributed by atoms with Crippen molar-refractivity contribution < 1.29 is 9.53 Å². The maximum absolute atomic E-state index is 13.5. The van der Waals surface area contributed by atoms with Crippen molar-refractivity contribution in [3.63, 3.8) is 0 Å². The zero-order valence-corrected chi connectivity index (χ0v) is 18.4. The SMILES string of the molecule is CN(Cc1ccc(N2CCOCC2)cc1)C(=O)C12CC3CC(CC(Br)(C3)C1)C2. The number of carbonyl (C=O) groups excluding carboxylic acids is 1. The number of hydrogen-bond donors (Lipinski definition) is 0. The van der Waals surface area contributed by atoms with E-state index in [1.54, 1.807) is 0 Å². The Labute approximate surface area is 176 Å². The van der Waals surface area contributed by atoms with E-state index in [1.165, 1.54) is 30.5 Å². The molecule has 5 aliphatic rings. The van der Waals surface area contributed by atoms with Gasteiger partial charge in [-0.3, -0.25) is 4.79 Å². The van der Waals surface area contributed by atoms with Crippen LogP contribution < -0.4 is 4.90 Å². The van der Waals surface area contributed by atoms with Crippen LogP contribution in [0.15, 0.2) is 24.3 Å². The van der Waals surface area contributed by atoms with Crippen LogP contribution in [-0.2, 0) is 16.1 Å². The Kier molecular flexibility index (Phi) is 4.74. The summed E-state index contributed by atoms with van der Waals surface area (Å²) in [5.41, 5.74) is 2.35. The molecular formula is C23H31BrN2O2. The standard InChI is InChI=1S/C23H31BrN2O2/c1-25(15-17-2-4-20(5-3-17)26-6-8-28-9-7-26)21(27)22-11-18-10-19(12-22)14-23(24,13-18)16-22/h2-5,18-19H,6-16H2,1H3. The zero-order chi connectivity index (χ0) is 19.4. The molecule has 0 aromatic heterocycles. The summed E-state index contributed by atoms with van der Waals surface area (Å²) in [6.07, 6.45) is 7.13. The van der Waals surface area contributed by atoms with Crippen LogP contribution in [0, 0.1) is 17.3 Å². The number of amides is 1. The summed E-state index contributed by atoms with van der Waals surface area (Å²) in [5.74, 6) is 1.86. The highest BCUT2D eigenvalue weighted by molar-refractivity contribution is 9.10. The lowest BCUT2D eigenvalue weighted by Crippen LogP contribution is -2.58. The van der Waals surface area contributed by atoms with Crippen molar-refractivity contribution >= 4 is 27.5 Å². The average Bonchev–Trinajstić information content (AvgIpc) is 2.67. The predicted octanol–water partition coefficient (Wildman–Crippen LogP) is 4.22. The van der Waals surface area contributed by atoms with Gasteiger partial charge in [0.25, 0.3) is 0 Å². The van der Waals surface area contributed by atoms with Crippen molar-refractivity contribution in [3.05, 3.63) is 29.8 Å². The molecule has 4 nitrogen and oxygen atoms in total. The lowest BCUT2D eigenvalue weighted by Gasteiger charge is -2.60. The molecule has 1 aromatic carbocycles. The highest BCUT2D eigenvalue weighted by atomic mass is 79.9. The molecule has 2 unspecified atom stereocenters. The number of rotatable bonds is 4. The molecule has 5 fully saturated rings. The first-order valence-corrected chi connectivity index (χ1v) is 11.6. The molecular weight excluding hydrogens is 416 g/mol. The van der Waals surface area contributed by atoms with Crippen molar-refractivity contribution in [2.45, 2.75) is 49.4 Å². The van der Waals surface area contributed by atoms with E-state index in [9.17, 15) is 4.79 Å². The predicted molar refractivity (Wildman–Crippen MR) is 115 cm³/mol. The van der Waals surface area contributed by atoms with Crippen LogP contribution in [0.1, 0.15) is 44.1 Å². The van der Waals surface area contributed by atoms with Gasteiger partial charge >= 0.3 is 0 Å². The van der Waals surface area contributed by atoms with E-state index in [4.69, 9.17) is 4.74 Å².